The molecule has 1 aromatic carbocycles. The van der Waals surface area contributed by atoms with Gasteiger partial charge in [0.05, 0.1) is 9.50 Å². The van der Waals surface area contributed by atoms with Crippen molar-refractivity contribution in [1.29, 1.82) is 0 Å². The van der Waals surface area contributed by atoms with Gasteiger partial charge in [0.1, 0.15) is 0 Å². The molecule has 0 saturated heterocycles. The van der Waals surface area contributed by atoms with Crippen molar-refractivity contribution in [3.8, 4) is 0 Å². The zero-order chi connectivity index (χ0) is 10.0. The average molecular weight is 266 g/mol. The van der Waals surface area contributed by atoms with Crippen LogP contribution in [0.3, 0.4) is 0 Å². The number of rotatable bonds is 1. The lowest BCUT2D eigenvalue weighted by Gasteiger charge is -2.02. The van der Waals surface area contributed by atoms with Crippen molar-refractivity contribution < 1.29 is 9.18 Å². The van der Waals surface area contributed by atoms with Crippen LogP contribution in [0.25, 0.3) is 0 Å². The maximum absolute atomic E-state index is 13.0. The number of hydrogen-bond acceptors (Lipinski definition) is 1. The van der Waals surface area contributed by atoms with Crippen LogP contribution in [0.2, 0.25) is 5.02 Å². The first-order valence-corrected chi connectivity index (χ1v) is 4.60. The number of halogens is 3. The van der Waals surface area contributed by atoms with E-state index in [0.29, 0.717) is 5.56 Å². The Kier molecular flexibility index (Phi) is 3.27. The van der Waals surface area contributed by atoms with E-state index in [4.69, 9.17) is 11.6 Å². The van der Waals surface area contributed by atoms with Gasteiger partial charge in [-0.15, -0.1) is 0 Å². The topological polar surface area (TPSA) is 29.1 Å². The van der Waals surface area contributed by atoms with Crippen molar-refractivity contribution in [3.05, 3.63) is 33.0 Å². The van der Waals surface area contributed by atoms with Crippen LogP contribution in [0.4, 0.5) is 4.39 Å². The van der Waals surface area contributed by atoms with E-state index in [1.807, 2.05) is 0 Å². The minimum absolute atomic E-state index is 0.0759. The van der Waals surface area contributed by atoms with Gasteiger partial charge in [0.2, 0.25) is 0 Å². The van der Waals surface area contributed by atoms with Gasteiger partial charge >= 0.3 is 0 Å². The van der Waals surface area contributed by atoms with E-state index in [9.17, 15) is 9.18 Å². The SMILES string of the molecule is CNC(=O)c1cc(Cl)c(F)c(Br)c1. The smallest absolute Gasteiger partial charge is 0.251 e. The summed E-state index contributed by atoms with van der Waals surface area (Å²) in [5, 5.41) is 2.34. The predicted octanol–water partition coefficient (Wildman–Crippen LogP) is 2.60. The van der Waals surface area contributed by atoms with E-state index in [2.05, 4.69) is 21.2 Å². The van der Waals surface area contributed by atoms with E-state index in [-0.39, 0.29) is 15.4 Å². The molecule has 0 aromatic heterocycles. The summed E-state index contributed by atoms with van der Waals surface area (Å²) in [4.78, 5) is 11.1. The Hall–Kier alpha value is -0.610. The highest BCUT2D eigenvalue weighted by molar-refractivity contribution is 9.10. The Morgan fingerprint density at radius 2 is 2.23 bits per heavy atom. The first-order chi connectivity index (χ1) is 6.06. The predicted molar refractivity (Wildman–Crippen MR) is 52.5 cm³/mol. The Bertz CT molecular complexity index is 333. The molecule has 0 atom stereocenters. The maximum atomic E-state index is 13.0. The highest BCUT2D eigenvalue weighted by Gasteiger charge is 2.10. The molecule has 0 radical (unpaired) electrons. The number of carbonyl (C=O) groups is 1. The molecule has 1 N–H and O–H groups in total. The fraction of sp³-hybridized carbons (Fsp3) is 0.125. The normalized spacial score (nSPS) is 9.85. The third-order valence-electron chi connectivity index (χ3n) is 1.47. The van der Waals surface area contributed by atoms with Crippen molar-refractivity contribution >= 4 is 33.4 Å². The van der Waals surface area contributed by atoms with E-state index in [0.717, 1.165) is 0 Å². The van der Waals surface area contributed by atoms with Crippen molar-refractivity contribution in [2.24, 2.45) is 0 Å². The second-order valence-corrected chi connectivity index (χ2v) is 3.59. The molecular weight excluding hydrogens is 260 g/mol. The van der Waals surface area contributed by atoms with Crippen molar-refractivity contribution in [1.82, 2.24) is 5.32 Å². The zero-order valence-electron chi connectivity index (χ0n) is 6.70. The molecule has 1 rings (SSSR count). The second kappa shape index (κ2) is 4.07. The second-order valence-electron chi connectivity index (χ2n) is 2.33. The van der Waals surface area contributed by atoms with Gasteiger partial charge in [0.15, 0.2) is 5.82 Å². The van der Waals surface area contributed by atoms with Gasteiger partial charge in [0.25, 0.3) is 5.91 Å². The van der Waals surface area contributed by atoms with Crippen LogP contribution in [0.15, 0.2) is 16.6 Å². The summed E-state index contributed by atoms with van der Waals surface area (Å²) < 4.78 is 13.1. The summed E-state index contributed by atoms with van der Waals surface area (Å²) in [7, 11) is 1.49. The molecule has 0 heterocycles. The van der Waals surface area contributed by atoms with Crippen LogP contribution < -0.4 is 5.32 Å². The summed E-state index contributed by atoms with van der Waals surface area (Å²) in [6.07, 6.45) is 0. The highest BCUT2D eigenvalue weighted by atomic mass is 79.9. The van der Waals surface area contributed by atoms with Gasteiger partial charge in [0, 0.05) is 12.6 Å². The molecule has 0 spiro atoms. The molecule has 70 valence electrons. The van der Waals surface area contributed by atoms with Crippen LogP contribution in [0.1, 0.15) is 10.4 Å². The van der Waals surface area contributed by atoms with Crippen molar-refractivity contribution in [2.75, 3.05) is 7.05 Å². The fourth-order valence-electron chi connectivity index (χ4n) is 0.831. The molecule has 0 aliphatic carbocycles. The van der Waals surface area contributed by atoms with E-state index in [1.54, 1.807) is 0 Å². The lowest BCUT2D eigenvalue weighted by molar-refractivity contribution is 0.0963. The lowest BCUT2D eigenvalue weighted by Crippen LogP contribution is -2.17. The first kappa shape index (κ1) is 10.5. The van der Waals surface area contributed by atoms with Crippen LogP contribution in [-0.2, 0) is 0 Å². The summed E-state index contributed by atoms with van der Waals surface area (Å²) in [6.45, 7) is 0. The third-order valence-corrected chi connectivity index (χ3v) is 2.33. The molecule has 1 aromatic rings. The summed E-state index contributed by atoms with van der Waals surface area (Å²) >= 11 is 8.49. The van der Waals surface area contributed by atoms with E-state index in [1.165, 1.54) is 19.2 Å². The average Bonchev–Trinajstić information content (AvgIpc) is 2.12. The highest BCUT2D eigenvalue weighted by Crippen LogP contribution is 2.24. The first-order valence-electron chi connectivity index (χ1n) is 3.43. The molecule has 0 bridgehead atoms. The van der Waals surface area contributed by atoms with Crippen molar-refractivity contribution in [3.63, 3.8) is 0 Å². The Balaban J connectivity index is 3.20. The Morgan fingerprint density at radius 1 is 1.62 bits per heavy atom. The lowest BCUT2D eigenvalue weighted by atomic mass is 10.2. The van der Waals surface area contributed by atoms with Gasteiger partial charge in [-0.1, -0.05) is 11.6 Å². The standard InChI is InChI=1S/C8H6BrClFNO/c1-12-8(13)4-2-5(9)7(11)6(10)3-4/h2-3H,1H3,(H,12,13). The molecule has 1 amide bonds. The molecule has 0 unspecified atom stereocenters. The van der Waals surface area contributed by atoms with Gasteiger partial charge < -0.3 is 5.32 Å². The summed E-state index contributed by atoms with van der Waals surface area (Å²) in [5.74, 6) is -0.864. The molecule has 0 saturated carbocycles. The van der Waals surface area contributed by atoms with Gasteiger partial charge in [-0.25, -0.2) is 4.39 Å². The Labute approximate surface area is 88.2 Å². The van der Waals surface area contributed by atoms with Crippen molar-refractivity contribution in [2.45, 2.75) is 0 Å². The third kappa shape index (κ3) is 2.19. The largest absolute Gasteiger partial charge is 0.355 e. The number of carbonyl (C=O) groups excluding carboxylic acids is 1. The summed E-state index contributed by atoms with van der Waals surface area (Å²) in [6, 6.07) is 2.65. The molecule has 2 nitrogen and oxygen atoms in total. The Morgan fingerprint density at radius 3 is 2.69 bits per heavy atom. The number of hydrogen-bond donors (Lipinski definition) is 1. The minimum atomic E-state index is -0.561. The van der Waals surface area contributed by atoms with Gasteiger partial charge in [-0.2, -0.15) is 0 Å². The quantitative estimate of drug-likeness (QED) is 0.778. The zero-order valence-corrected chi connectivity index (χ0v) is 9.04. The van der Waals surface area contributed by atoms with Crippen LogP contribution in [-0.4, -0.2) is 13.0 Å². The van der Waals surface area contributed by atoms with Crippen LogP contribution in [0.5, 0.6) is 0 Å². The molecule has 0 aliphatic rings. The fourth-order valence-corrected chi connectivity index (χ4v) is 1.62. The number of amides is 1. The van der Waals surface area contributed by atoms with E-state index >= 15 is 0 Å². The van der Waals surface area contributed by atoms with Crippen LogP contribution in [0, 0.1) is 5.82 Å². The number of benzene rings is 1. The molecular formula is C8H6BrClFNO. The van der Waals surface area contributed by atoms with Crippen LogP contribution >= 0.6 is 27.5 Å². The van der Waals surface area contributed by atoms with E-state index < -0.39 is 5.82 Å². The number of nitrogens with one attached hydrogen (secondary N) is 1. The molecule has 0 fully saturated rings. The molecule has 5 heteroatoms. The molecule has 13 heavy (non-hydrogen) atoms. The van der Waals surface area contributed by atoms with Gasteiger partial charge in [-0.3, -0.25) is 4.79 Å². The van der Waals surface area contributed by atoms with Gasteiger partial charge in [-0.05, 0) is 28.1 Å². The minimum Gasteiger partial charge on any atom is -0.355 e. The summed E-state index contributed by atoms with van der Waals surface area (Å²) in [5.41, 5.74) is 0.320. The maximum Gasteiger partial charge on any atom is 0.251 e. The monoisotopic (exact) mass is 265 g/mol. The molecule has 0 aliphatic heterocycles.